The number of ether oxygens (including phenoxy) is 1. The molecule has 3 heterocycles. The standard InChI is InChI=1S/C20H26N4O3/c1-27-19(25)10-15-7-8-16(24(15)12-14-5-6-14)11-21-20(26)17-13-23-9-3-2-4-18(23)22-17/h2-4,9,13-16H,5-8,10-12H2,1H3,(H,21,26)/t15-,16+/m1/s1. The van der Waals surface area contributed by atoms with E-state index in [0.29, 0.717) is 18.7 Å². The monoisotopic (exact) mass is 370 g/mol. The van der Waals surface area contributed by atoms with E-state index in [4.69, 9.17) is 4.74 Å². The van der Waals surface area contributed by atoms with Gasteiger partial charge in [-0.1, -0.05) is 6.07 Å². The zero-order valence-corrected chi connectivity index (χ0v) is 15.6. The third-order valence-corrected chi connectivity index (χ3v) is 5.66. The molecule has 1 saturated heterocycles. The van der Waals surface area contributed by atoms with Crippen molar-refractivity contribution >= 4 is 17.5 Å². The van der Waals surface area contributed by atoms with E-state index < -0.39 is 0 Å². The molecule has 1 aliphatic carbocycles. The van der Waals surface area contributed by atoms with Gasteiger partial charge < -0.3 is 14.5 Å². The SMILES string of the molecule is COC(=O)C[C@H]1CC[C@@H](CNC(=O)c2cn3ccccc3n2)N1CC1CC1. The van der Waals surface area contributed by atoms with Gasteiger partial charge in [0, 0.05) is 37.6 Å². The van der Waals surface area contributed by atoms with Crippen LogP contribution in [0.5, 0.6) is 0 Å². The van der Waals surface area contributed by atoms with Crippen LogP contribution in [-0.4, -0.2) is 58.4 Å². The van der Waals surface area contributed by atoms with Crippen LogP contribution in [0.4, 0.5) is 0 Å². The minimum atomic E-state index is -0.157. The van der Waals surface area contributed by atoms with Gasteiger partial charge >= 0.3 is 5.97 Å². The molecule has 2 aromatic rings. The van der Waals surface area contributed by atoms with Crippen molar-refractivity contribution in [1.82, 2.24) is 19.6 Å². The van der Waals surface area contributed by atoms with Crippen molar-refractivity contribution in [3.63, 3.8) is 0 Å². The molecule has 2 fully saturated rings. The summed E-state index contributed by atoms with van der Waals surface area (Å²) >= 11 is 0. The Bertz CT molecular complexity index is 796. The molecule has 0 spiro atoms. The second kappa shape index (κ2) is 7.68. The number of hydrogen-bond donors (Lipinski definition) is 1. The van der Waals surface area contributed by atoms with Gasteiger partial charge in [-0.3, -0.25) is 14.5 Å². The fourth-order valence-corrected chi connectivity index (χ4v) is 3.97. The number of nitrogens with one attached hydrogen (secondary N) is 1. The first kappa shape index (κ1) is 18.0. The Morgan fingerprint density at radius 3 is 2.78 bits per heavy atom. The quantitative estimate of drug-likeness (QED) is 0.753. The number of methoxy groups -OCH3 is 1. The van der Waals surface area contributed by atoms with Gasteiger partial charge in [0.1, 0.15) is 11.3 Å². The molecule has 0 bridgehead atoms. The van der Waals surface area contributed by atoms with Crippen LogP contribution in [0.1, 0.15) is 42.6 Å². The lowest BCUT2D eigenvalue weighted by atomic mass is 10.1. The summed E-state index contributed by atoms with van der Waals surface area (Å²) < 4.78 is 6.70. The fourth-order valence-electron chi connectivity index (χ4n) is 3.97. The highest BCUT2D eigenvalue weighted by molar-refractivity contribution is 5.92. The Morgan fingerprint density at radius 2 is 2.04 bits per heavy atom. The predicted molar refractivity (Wildman–Crippen MR) is 100 cm³/mol. The lowest BCUT2D eigenvalue weighted by molar-refractivity contribution is -0.141. The third-order valence-electron chi connectivity index (χ3n) is 5.66. The maximum Gasteiger partial charge on any atom is 0.307 e. The van der Waals surface area contributed by atoms with Gasteiger partial charge in [0.25, 0.3) is 5.91 Å². The van der Waals surface area contributed by atoms with Gasteiger partial charge in [0.2, 0.25) is 0 Å². The molecule has 1 saturated carbocycles. The van der Waals surface area contributed by atoms with Crippen molar-refractivity contribution in [2.24, 2.45) is 5.92 Å². The van der Waals surface area contributed by atoms with Crippen LogP contribution in [0.2, 0.25) is 0 Å². The number of rotatable bonds is 7. The lowest BCUT2D eigenvalue weighted by Crippen LogP contribution is -2.44. The molecule has 0 aromatic carbocycles. The molecule has 27 heavy (non-hydrogen) atoms. The summed E-state index contributed by atoms with van der Waals surface area (Å²) in [6.07, 6.45) is 8.55. The number of pyridine rings is 1. The second-order valence-corrected chi connectivity index (χ2v) is 7.61. The number of carbonyl (C=O) groups excluding carboxylic acids is 2. The van der Waals surface area contributed by atoms with Crippen molar-refractivity contribution in [2.75, 3.05) is 20.2 Å². The molecular weight excluding hydrogens is 344 g/mol. The highest BCUT2D eigenvalue weighted by Gasteiger charge is 2.38. The van der Waals surface area contributed by atoms with E-state index in [-0.39, 0.29) is 24.0 Å². The summed E-state index contributed by atoms with van der Waals surface area (Å²) in [6, 6.07) is 6.17. The Balaban J connectivity index is 1.38. The van der Waals surface area contributed by atoms with Crippen LogP contribution < -0.4 is 5.32 Å². The molecular formula is C20H26N4O3. The van der Waals surface area contributed by atoms with Crippen LogP contribution in [0.25, 0.3) is 5.65 Å². The zero-order chi connectivity index (χ0) is 18.8. The Hall–Kier alpha value is -2.41. The number of fused-ring (bicyclic) bond motifs is 1. The van der Waals surface area contributed by atoms with E-state index in [1.54, 1.807) is 6.20 Å². The van der Waals surface area contributed by atoms with E-state index in [1.165, 1.54) is 20.0 Å². The fraction of sp³-hybridized carbons (Fsp3) is 0.550. The Morgan fingerprint density at radius 1 is 1.22 bits per heavy atom. The van der Waals surface area contributed by atoms with Crippen molar-refractivity contribution in [3.8, 4) is 0 Å². The van der Waals surface area contributed by atoms with Crippen molar-refractivity contribution in [1.29, 1.82) is 0 Å². The number of aromatic nitrogens is 2. The largest absolute Gasteiger partial charge is 0.469 e. The Labute approximate surface area is 158 Å². The van der Waals surface area contributed by atoms with Crippen molar-refractivity contribution < 1.29 is 14.3 Å². The molecule has 7 heteroatoms. The zero-order valence-electron chi connectivity index (χ0n) is 15.6. The normalized spacial score (nSPS) is 22.9. The van der Waals surface area contributed by atoms with Crippen LogP contribution >= 0.6 is 0 Å². The first-order valence-electron chi connectivity index (χ1n) is 9.68. The predicted octanol–water partition coefficient (Wildman–Crippen LogP) is 1.87. The van der Waals surface area contributed by atoms with E-state index in [9.17, 15) is 9.59 Å². The molecule has 7 nitrogen and oxygen atoms in total. The van der Waals surface area contributed by atoms with Gasteiger partial charge in [-0.15, -0.1) is 0 Å². The summed E-state index contributed by atoms with van der Waals surface area (Å²) in [5, 5.41) is 3.04. The van der Waals surface area contributed by atoms with Gasteiger partial charge in [0.15, 0.2) is 0 Å². The number of imidazole rings is 1. The minimum absolute atomic E-state index is 0.151. The van der Waals surface area contributed by atoms with Gasteiger partial charge in [-0.2, -0.15) is 0 Å². The maximum atomic E-state index is 12.5. The number of likely N-dealkylation sites (tertiary alicyclic amines) is 1. The van der Waals surface area contributed by atoms with E-state index in [2.05, 4.69) is 15.2 Å². The number of nitrogens with zero attached hydrogens (tertiary/aromatic N) is 3. The summed E-state index contributed by atoms with van der Waals surface area (Å²) in [7, 11) is 1.44. The lowest BCUT2D eigenvalue weighted by Gasteiger charge is -2.30. The molecule has 2 aliphatic rings. The molecule has 2 aromatic heterocycles. The summed E-state index contributed by atoms with van der Waals surface area (Å²) in [5.41, 5.74) is 1.19. The highest BCUT2D eigenvalue weighted by Crippen LogP contribution is 2.35. The molecule has 2 atom stereocenters. The molecule has 1 amide bonds. The first-order chi connectivity index (χ1) is 13.1. The van der Waals surface area contributed by atoms with Gasteiger partial charge in [-0.05, 0) is 43.7 Å². The molecule has 4 rings (SSSR count). The molecule has 144 valence electrons. The van der Waals surface area contributed by atoms with Gasteiger partial charge in [-0.25, -0.2) is 4.98 Å². The summed E-state index contributed by atoms with van der Waals surface area (Å²) in [4.78, 5) is 31.1. The number of amides is 1. The average Bonchev–Trinajstić information content (AvgIpc) is 3.27. The van der Waals surface area contributed by atoms with Crippen LogP contribution in [0.15, 0.2) is 30.6 Å². The van der Waals surface area contributed by atoms with Crippen LogP contribution in [0, 0.1) is 5.92 Å². The summed E-state index contributed by atoms with van der Waals surface area (Å²) in [5.74, 6) is 0.427. The third kappa shape index (κ3) is 4.13. The van der Waals surface area contributed by atoms with Crippen LogP contribution in [-0.2, 0) is 9.53 Å². The van der Waals surface area contributed by atoms with E-state index >= 15 is 0 Å². The van der Waals surface area contributed by atoms with Gasteiger partial charge in [0.05, 0.1) is 13.5 Å². The maximum absolute atomic E-state index is 12.5. The summed E-state index contributed by atoms with van der Waals surface area (Å²) in [6.45, 7) is 1.59. The minimum Gasteiger partial charge on any atom is -0.469 e. The van der Waals surface area contributed by atoms with Crippen LogP contribution in [0.3, 0.4) is 0 Å². The Kier molecular flexibility index (Phi) is 5.11. The molecule has 0 unspecified atom stereocenters. The second-order valence-electron chi connectivity index (χ2n) is 7.61. The number of carbonyl (C=O) groups is 2. The average molecular weight is 370 g/mol. The topological polar surface area (TPSA) is 75.9 Å². The number of hydrogen-bond acceptors (Lipinski definition) is 5. The smallest absolute Gasteiger partial charge is 0.307 e. The highest BCUT2D eigenvalue weighted by atomic mass is 16.5. The van der Waals surface area contributed by atoms with Crippen molar-refractivity contribution in [3.05, 3.63) is 36.3 Å². The molecule has 1 aliphatic heterocycles. The molecule has 1 N–H and O–H groups in total. The first-order valence-corrected chi connectivity index (χ1v) is 9.68. The van der Waals surface area contributed by atoms with E-state index in [0.717, 1.165) is 31.0 Å². The van der Waals surface area contributed by atoms with Crippen molar-refractivity contribution in [2.45, 2.75) is 44.2 Å². The van der Waals surface area contributed by atoms with E-state index in [1.807, 2.05) is 28.8 Å². The molecule has 0 radical (unpaired) electrons. The number of esters is 1.